The molecule has 3 nitrogen and oxygen atoms in total. The fraction of sp³-hybridized carbons (Fsp3) is 0.364. The number of fused-ring (bicyclic) bond motifs is 1. The molecule has 0 fully saturated rings. The van der Waals surface area contributed by atoms with E-state index in [0.717, 1.165) is 16.9 Å². The van der Waals surface area contributed by atoms with Crippen molar-refractivity contribution in [2.75, 3.05) is 13.7 Å². The minimum Gasteiger partial charge on any atom is -0.545 e. The first-order valence-corrected chi connectivity index (χ1v) is 5.59. The summed E-state index contributed by atoms with van der Waals surface area (Å²) in [6, 6.07) is 5.32. The van der Waals surface area contributed by atoms with Gasteiger partial charge in [-0.25, -0.2) is 0 Å². The smallest absolute Gasteiger partial charge is 0.0726 e. The van der Waals surface area contributed by atoms with E-state index >= 15 is 0 Å². The molecule has 1 aromatic carbocycles. The van der Waals surface area contributed by atoms with Crippen LogP contribution in [0.15, 0.2) is 23.1 Å². The molecule has 1 aliphatic heterocycles. The Balaban J connectivity index is 2.29. The van der Waals surface area contributed by atoms with Crippen molar-refractivity contribution >= 4 is 17.7 Å². The number of carboxylic acid groups (broad SMARTS) is 1. The molecule has 0 radical (unpaired) electrons. The zero-order valence-electron chi connectivity index (χ0n) is 8.36. The maximum absolute atomic E-state index is 10.9. The third kappa shape index (κ3) is 2.01. The van der Waals surface area contributed by atoms with Crippen LogP contribution in [-0.2, 0) is 11.2 Å². The van der Waals surface area contributed by atoms with Crippen LogP contribution in [0, 0.1) is 0 Å². The van der Waals surface area contributed by atoms with E-state index in [0.29, 0.717) is 17.4 Å². The lowest BCUT2D eigenvalue weighted by Gasteiger charge is -2.08. The molecule has 0 amide bonds. The van der Waals surface area contributed by atoms with E-state index < -0.39 is 5.97 Å². The summed E-state index contributed by atoms with van der Waals surface area (Å²) in [7, 11) is 1.66. The van der Waals surface area contributed by atoms with E-state index in [1.807, 2.05) is 6.07 Å². The van der Waals surface area contributed by atoms with E-state index in [2.05, 4.69) is 0 Å². The Morgan fingerprint density at radius 3 is 3.13 bits per heavy atom. The molecule has 0 saturated heterocycles. The van der Waals surface area contributed by atoms with Gasteiger partial charge < -0.3 is 14.6 Å². The Bertz CT molecular complexity index is 389. The van der Waals surface area contributed by atoms with Crippen molar-refractivity contribution in [2.45, 2.75) is 16.6 Å². The first-order chi connectivity index (χ1) is 7.22. The number of hydrogen-bond donors (Lipinski definition) is 0. The fourth-order valence-electron chi connectivity index (χ4n) is 1.78. The van der Waals surface area contributed by atoms with Crippen molar-refractivity contribution in [2.24, 2.45) is 0 Å². The molecule has 1 unspecified atom stereocenters. The molecule has 1 atom stereocenters. The van der Waals surface area contributed by atoms with E-state index in [1.54, 1.807) is 31.0 Å². The molecular weight excluding hydrogens is 212 g/mol. The van der Waals surface area contributed by atoms with Crippen LogP contribution in [0.4, 0.5) is 0 Å². The summed E-state index contributed by atoms with van der Waals surface area (Å²) in [6.45, 7) is 0.645. The highest BCUT2D eigenvalue weighted by Crippen LogP contribution is 2.39. The normalized spacial score (nSPS) is 18.9. The standard InChI is InChI=1S/C11H12O3S/c1-14-6-8-5-7-3-2-4-9(11(12)13)10(7)15-8/h2-4,8H,5-6H2,1H3,(H,12,13)/p-1. The summed E-state index contributed by atoms with van der Waals surface area (Å²) in [6.07, 6.45) is 0.870. The highest BCUT2D eigenvalue weighted by Gasteiger charge is 2.24. The number of carbonyl (C=O) groups is 1. The third-order valence-electron chi connectivity index (χ3n) is 2.40. The Hall–Kier alpha value is -1.00. The number of aromatic carboxylic acids is 1. The van der Waals surface area contributed by atoms with E-state index in [1.165, 1.54) is 0 Å². The Morgan fingerprint density at radius 1 is 1.67 bits per heavy atom. The van der Waals surface area contributed by atoms with Crippen LogP contribution in [-0.4, -0.2) is 24.9 Å². The zero-order chi connectivity index (χ0) is 10.8. The molecule has 1 aromatic rings. The minimum absolute atomic E-state index is 0.302. The molecule has 0 aliphatic carbocycles. The van der Waals surface area contributed by atoms with Gasteiger partial charge in [-0.3, -0.25) is 0 Å². The van der Waals surface area contributed by atoms with Gasteiger partial charge in [-0.2, -0.15) is 0 Å². The molecule has 1 aliphatic rings. The summed E-state index contributed by atoms with van der Waals surface area (Å²) in [5.74, 6) is -1.10. The topological polar surface area (TPSA) is 49.4 Å². The Morgan fingerprint density at radius 2 is 2.47 bits per heavy atom. The molecule has 0 N–H and O–H groups in total. The van der Waals surface area contributed by atoms with Gasteiger partial charge in [-0.05, 0) is 12.0 Å². The van der Waals surface area contributed by atoms with Gasteiger partial charge in [-0.1, -0.05) is 18.2 Å². The van der Waals surface area contributed by atoms with Gasteiger partial charge in [0.15, 0.2) is 0 Å². The van der Waals surface area contributed by atoms with Gasteiger partial charge in [0, 0.05) is 22.8 Å². The lowest BCUT2D eigenvalue weighted by atomic mass is 10.1. The van der Waals surface area contributed by atoms with Crippen LogP contribution < -0.4 is 5.11 Å². The summed E-state index contributed by atoms with van der Waals surface area (Å²) < 4.78 is 5.07. The predicted octanol–water partition coefficient (Wildman–Crippen LogP) is 0.713. The van der Waals surface area contributed by atoms with Crippen molar-refractivity contribution in [3.05, 3.63) is 29.3 Å². The lowest BCUT2D eigenvalue weighted by Crippen LogP contribution is -2.23. The SMILES string of the molecule is COCC1Cc2cccc(C(=O)[O-])c2S1. The molecule has 4 heteroatoms. The van der Waals surface area contributed by atoms with Crippen LogP contribution in [0.5, 0.6) is 0 Å². The molecule has 1 heterocycles. The monoisotopic (exact) mass is 223 g/mol. The molecule has 2 rings (SSSR count). The maximum atomic E-state index is 10.9. The second kappa shape index (κ2) is 4.24. The number of ether oxygens (including phenoxy) is 1. The van der Waals surface area contributed by atoms with E-state index in [9.17, 15) is 9.90 Å². The lowest BCUT2D eigenvalue weighted by molar-refractivity contribution is -0.255. The number of carbonyl (C=O) groups excluding carboxylic acids is 1. The van der Waals surface area contributed by atoms with E-state index in [4.69, 9.17) is 4.74 Å². The van der Waals surface area contributed by atoms with Crippen LogP contribution in [0.3, 0.4) is 0 Å². The van der Waals surface area contributed by atoms with Gasteiger partial charge in [0.05, 0.1) is 12.6 Å². The van der Waals surface area contributed by atoms with Crippen LogP contribution in [0.25, 0.3) is 0 Å². The molecule has 80 valence electrons. The van der Waals surface area contributed by atoms with Crippen molar-refractivity contribution in [1.29, 1.82) is 0 Å². The average Bonchev–Trinajstić information content (AvgIpc) is 2.59. The first-order valence-electron chi connectivity index (χ1n) is 4.71. The predicted molar refractivity (Wildman–Crippen MR) is 56.0 cm³/mol. The highest BCUT2D eigenvalue weighted by molar-refractivity contribution is 8.00. The average molecular weight is 223 g/mol. The van der Waals surface area contributed by atoms with Crippen LogP contribution in [0.2, 0.25) is 0 Å². The van der Waals surface area contributed by atoms with Crippen LogP contribution >= 0.6 is 11.8 Å². The Labute approximate surface area is 92.4 Å². The molecular formula is C11H11O3S-. The summed E-state index contributed by atoms with van der Waals surface area (Å²) >= 11 is 1.57. The van der Waals surface area contributed by atoms with E-state index in [-0.39, 0.29) is 0 Å². The molecule has 0 spiro atoms. The van der Waals surface area contributed by atoms with Crippen molar-refractivity contribution in [1.82, 2.24) is 0 Å². The number of methoxy groups -OCH3 is 1. The third-order valence-corrected chi connectivity index (χ3v) is 3.76. The van der Waals surface area contributed by atoms with Gasteiger partial charge >= 0.3 is 0 Å². The van der Waals surface area contributed by atoms with Crippen molar-refractivity contribution < 1.29 is 14.6 Å². The Kier molecular flexibility index (Phi) is 2.98. The fourth-order valence-corrected chi connectivity index (χ4v) is 3.16. The minimum atomic E-state index is -1.10. The second-order valence-corrected chi connectivity index (χ2v) is 4.79. The van der Waals surface area contributed by atoms with Gasteiger partial charge in [0.1, 0.15) is 0 Å². The number of benzene rings is 1. The maximum Gasteiger partial charge on any atom is 0.0726 e. The number of thioether (sulfide) groups is 1. The molecule has 0 aromatic heterocycles. The highest BCUT2D eigenvalue weighted by atomic mass is 32.2. The second-order valence-electron chi connectivity index (χ2n) is 3.48. The summed E-state index contributed by atoms with van der Waals surface area (Å²) in [5.41, 5.74) is 1.39. The molecule has 0 saturated carbocycles. The number of carboxylic acids is 1. The summed E-state index contributed by atoms with van der Waals surface area (Å²) in [4.78, 5) is 11.7. The summed E-state index contributed by atoms with van der Waals surface area (Å²) in [5, 5.41) is 11.2. The number of hydrogen-bond acceptors (Lipinski definition) is 4. The molecule has 0 bridgehead atoms. The zero-order valence-corrected chi connectivity index (χ0v) is 9.17. The van der Waals surface area contributed by atoms with Crippen molar-refractivity contribution in [3.63, 3.8) is 0 Å². The van der Waals surface area contributed by atoms with Crippen LogP contribution in [0.1, 0.15) is 15.9 Å². The first kappa shape index (κ1) is 10.5. The van der Waals surface area contributed by atoms with Gasteiger partial charge in [-0.15, -0.1) is 11.8 Å². The largest absolute Gasteiger partial charge is 0.545 e. The number of rotatable bonds is 3. The van der Waals surface area contributed by atoms with Gasteiger partial charge in [0.2, 0.25) is 0 Å². The van der Waals surface area contributed by atoms with Gasteiger partial charge in [0.25, 0.3) is 0 Å². The van der Waals surface area contributed by atoms with Crippen molar-refractivity contribution in [3.8, 4) is 0 Å². The quantitative estimate of drug-likeness (QED) is 0.757. The molecule has 15 heavy (non-hydrogen) atoms.